The molecule has 10 aromatic rings. The second-order valence-corrected chi connectivity index (χ2v) is 39.7. The number of fused-ring (bicyclic) bond motifs is 6. The molecule has 86 heavy (non-hydrogen) atoms. The van der Waals surface area contributed by atoms with Crippen molar-refractivity contribution in [3.63, 3.8) is 0 Å². The van der Waals surface area contributed by atoms with Gasteiger partial charge in [0.05, 0.1) is 22.2 Å². The molecule has 0 aliphatic carbocycles. The molecule has 0 saturated carbocycles. The maximum Gasteiger partial charge on any atom is 0.496 e. The molecule has 3 aliphatic heterocycles. The van der Waals surface area contributed by atoms with Crippen LogP contribution in [0.15, 0.2) is 147 Å². The molecule has 6 aromatic heterocycles. The molecule has 0 amide bonds. The first-order chi connectivity index (χ1) is 41.0. The van der Waals surface area contributed by atoms with E-state index in [1.54, 1.807) is 12.7 Å². The lowest BCUT2D eigenvalue weighted by Gasteiger charge is -2.44. The molecular formula is C70H86BIN10O2Si2. The number of anilines is 2. The Morgan fingerprint density at radius 1 is 0.453 bits per heavy atom. The van der Waals surface area contributed by atoms with E-state index in [1.165, 1.54) is 36.6 Å². The number of benzene rings is 4. The largest absolute Gasteiger partial charge is 0.496 e. The van der Waals surface area contributed by atoms with Gasteiger partial charge in [0.2, 0.25) is 0 Å². The fourth-order valence-corrected chi connectivity index (χ4v) is 28.9. The van der Waals surface area contributed by atoms with Crippen molar-refractivity contribution in [1.82, 2.24) is 38.4 Å². The van der Waals surface area contributed by atoms with Crippen molar-refractivity contribution >= 4 is 107 Å². The maximum atomic E-state index is 6.23. The number of halogens is 1. The smallest absolute Gasteiger partial charge is 0.399 e. The van der Waals surface area contributed by atoms with Crippen molar-refractivity contribution in [1.29, 1.82) is 0 Å². The van der Waals surface area contributed by atoms with E-state index in [-0.39, 0.29) is 18.3 Å². The van der Waals surface area contributed by atoms with E-state index in [0.717, 1.165) is 87.5 Å². The Kier molecular flexibility index (Phi) is 17.1. The third kappa shape index (κ3) is 10.9. The molecule has 1 saturated heterocycles. The fourth-order valence-electron chi connectivity index (χ4n) is 15.3. The minimum atomic E-state index is -1.87. The molecular weight excluding hydrogens is 1210 g/mol. The number of hydrogen-bond donors (Lipinski definition) is 0. The summed E-state index contributed by atoms with van der Waals surface area (Å²) in [6.45, 7) is 40.7. The molecule has 12 nitrogen and oxygen atoms in total. The van der Waals surface area contributed by atoms with Crippen molar-refractivity contribution in [2.45, 2.75) is 181 Å². The first kappa shape index (κ1) is 61.3. The Morgan fingerprint density at radius 3 is 1.30 bits per heavy atom. The summed E-state index contributed by atoms with van der Waals surface area (Å²) in [5.41, 5.74) is 16.1. The van der Waals surface area contributed by atoms with Crippen molar-refractivity contribution in [2.24, 2.45) is 0 Å². The third-order valence-corrected chi connectivity index (χ3v) is 33.9. The van der Waals surface area contributed by atoms with Crippen LogP contribution in [-0.4, -0.2) is 73.2 Å². The lowest BCUT2D eigenvalue weighted by Crippen LogP contribution is -2.51. The van der Waals surface area contributed by atoms with E-state index in [9.17, 15) is 0 Å². The zero-order valence-corrected chi connectivity index (χ0v) is 57.6. The lowest BCUT2D eigenvalue weighted by molar-refractivity contribution is 0.00578. The van der Waals surface area contributed by atoms with Gasteiger partial charge in [0, 0.05) is 74.7 Å². The molecule has 3 aliphatic rings. The number of pyridine rings is 2. The fraction of sp³-hybridized carbons (Fsp3) is 0.400. The number of nitrogens with zero attached hydrogens (tertiary/aromatic N) is 10. The average molecular weight is 1290 g/mol. The molecule has 0 bridgehead atoms. The maximum absolute atomic E-state index is 6.23. The van der Waals surface area contributed by atoms with E-state index in [4.69, 9.17) is 24.3 Å². The lowest BCUT2D eigenvalue weighted by atomic mass is 9.80. The molecule has 16 heteroatoms. The Balaban J connectivity index is 0.000000141. The van der Waals surface area contributed by atoms with Gasteiger partial charge in [0.1, 0.15) is 35.6 Å². The molecule has 0 radical (unpaired) electrons. The second kappa shape index (κ2) is 24.0. The number of rotatable bonds is 12. The molecule has 4 aromatic carbocycles. The van der Waals surface area contributed by atoms with E-state index < -0.39 is 16.5 Å². The summed E-state index contributed by atoms with van der Waals surface area (Å²) in [6, 6.07) is 39.0. The van der Waals surface area contributed by atoms with Crippen molar-refractivity contribution < 1.29 is 9.31 Å². The zero-order chi connectivity index (χ0) is 61.2. The first-order valence-electron chi connectivity index (χ1n) is 31.1. The number of aromatic nitrogens is 8. The monoisotopic (exact) mass is 1290 g/mol. The Hall–Kier alpha value is -6.31. The van der Waals surface area contributed by atoms with E-state index in [0.29, 0.717) is 33.2 Å². The summed E-state index contributed by atoms with van der Waals surface area (Å²) in [5.74, 6) is 2.03. The van der Waals surface area contributed by atoms with Gasteiger partial charge >= 0.3 is 7.12 Å². The first-order valence-corrected chi connectivity index (χ1v) is 36.5. The van der Waals surface area contributed by atoms with E-state index in [2.05, 4.69) is 294 Å². The third-order valence-electron chi connectivity index (χ3n) is 19.8. The molecule has 0 spiro atoms. The Labute approximate surface area is 526 Å². The quantitative estimate of drug-likeness (QED) is 0.0866. The minimum Gasteiger partial charge on any atom is -0.399 e. The van der Waals surface area contributed by atoms with Crippen LogP contribution < -0.4 is 15.3 Å². The van der Waals surface area contributed by atoms with E-state index in [1.807, 2.05) is 6.20 Å². The van der Waals surface area contributed by atoms with Gasteiger partial charge in [0.15, 0.2) is 16.5 Å². The molecule has 446 valence electrons. The highest BCUT2D eigenvalue weighted by atomic mass is 127. The van der Waals surface area contributed by atoms with Gasteiger partial charge < -0.3 is 27.6 Å². The van der Waals surface area contributed by atoms with Crippen LogP contribution in [0.1, 0.15) is 133 Å². The van der Waals surface area contributed by atoms with Gasteiger partial charge in [-0.3, -0.25) is 0 Å². The summed E-state index contributed by atoms with van der Waals surface area (Å²) in [7, 11) is -4.05. The zero-order valence-electron chi connectivity index (χ0n) is 53.4. The topological polar surface area (TPSA) is 112 Å². The normalized spacial score (nSPS) is 15.7. The Morgan fingerprint density at radius 2 is 0.860 bits per heavy atom. The summed E-state index contributed by atoms with van der Waals surface area (Å²) in [4.78, 5) is 32.9. The van der Waals surface area contributed by atoms with Crippen LogP contribution in [0.4, 0.5) is 11.6 Å². The Bertz CT molecular complexity index is 3990. The van der Waals surface area contributed by atoms with Crippen LogP contribution in [0, 0.1) is 3.57 Å². The number of hydrogen-bond acceptors (Lipinski definition) is 10. The summed E-state index contributed by atoms with van der Waals surface area (Å²) >= 11 is 2.33. The van der Waals surface area contributed by atoms with Crippen LogP contribution >= 0.6 is 22.6 Å². The van der Waals surface area contributed by atoms with Crippen LogP contribution in [0.3, 0.4) is 0 Å². The van der Waals surface area contributed by atoms with Crippen LogP contribution in [-0.2, 0) is 35.5 Å². The van der Waals surface area contributed by atoms with Gasteiger partial charge in [-0.05, 0) is 178 Å². The predicted octanol–water partition coefficient (Wildman–Crippen LogP) is 17.3. The SMILES string of the molecule is CC(C)[Si](C(C)C)(C(C)C)n1ccc2cc(-c3ccc4ncnc(N5Cc6ccccc6C5)c4c3)cnc21.CC(C)[Si](C(C)C)(C(C)C)n1ccc2cc(B3OC(C)(C)C(C)(C)O3)cnc21.Ic1ccc2ncnc(N3Cc4ccccc4C3)c2c1. The van der Waals surface area contributed by atoms with Gasteiger partial charge in [-0.1, -0.05) is 138 Å². The highest BCUT2D eigenvalue weighted by Gasteiger charge is 2.52. The van der Waals surface area contributed by atoms with Crippen LogP contribution in [0.2, 0.25) is 33.2 Å². The summed E-state index contributed by atoms with van der Waals surface area (Å²) < 4.78 is 18.8. The highest BCUT2D eigenvalue weighted by molar-refractivity contribution is 14.1. The minimum absolute atomic E-state index is 0.340. The van der Waals surface area contributed by atoms with Crippen molar-refractivity contribution in [3.8, 4) is 11.1 Å². The van der Waals surface area contributed by atoms with E-state index >= 15 is 0 Å². The molecule has 1 fully saturated rings. The van der Waals surface area contributed by atoms with Crippen molar-refractivity contribution in [2.75, 3.05) is 9.80 Å². The van der Waals surface area contributed by atoms with Gasteiger partial charge in [0.25, 0.3) is 0 Å². The van der Waals surface area contributed by atoms with Crippen LogP contribution in [0.25, 0.3) is 55.0 Å². The van der Waals surface area contributed by atoms with Gasteiger partial charge in [-0.25, -0.2) is 29.9 Å². The molecule has 13 rings (SSSR count). The second-order valence-electron chi connectivity index (χ2n) is 27.0. The standard InChI is InChI=1S/C32H37N5Si.C22H37BN2O2Si.C16H12IN3/c1-21(2)38(22(3)4,23(5)6)37-14-13-25-15-28(17-33-31(25)37)24-11-12-30-29(16-24)32(35-20-34-30)36-18-26-9-7-8-10-27(26)19-36;1-15(2)28(16(3)4,17(5)6)25-12-11-18-13-19(14-24-20(18)25)23-26-21(7,8)22(9,10)27-23;17-13-5-6-15-14(7-13)16(19-10-18-15)20-8-11-3-1-2-4-12(11)9-20/h7-17,20-23H,18-19H2,1-6H3;11-17H,1-10H3;1-7,10H,8-9H2. The van der Waals surface area contributed by atoms with Gasteiger partial charge in [-0.15, -0.1) is 0 Å². The molecule has 0 atom stereocenters. The summed E-state index contributed by atoms with van der Waals surface area (Å²) in [6.07, 6.45) is 11.9. The van der Waals surface area contributed by atoms with Gasteiger partial charge in [-0.2, -0.15) is 0 Å². The van der Waals surface area contributed by atoms with Crippen LogP contribution in [0.5, 0.6) is 0 Å². The molecule has 0 N–H and O–H groups in total. The molecule has 0 unspecified atom stereocenters. The average Bonchev–Trinajstić information content (AvgIpc) is 1.60. The predicted molar refractivity (Wildman–Crippen MR) is 372 cm³/mol. The highest BCUT2D eigenvalue weighted by Crippen LogP contribution is 2.46. The molecule has 9 heterocycles. The summed E-state index contributed by atoms with van der Waals surface area (Å²) in [5, 5.41) is 4.60. The van der Waals surface area contributed by atoms with Crippen molar-refractivity contribution in [3.05, 3.63) is 172 Å².